The maximum Gasteiger partial charge on any atom is 0.247 e. The lowest BCUT2D eigenvalue weighted by molar-refractivity contribution is -0.142. The predicted octanol–water partition coefficient (Wildman–Crippen LogP) is 5.24. The fourth-order valence-corrected chi connectivity index (χ4v) is 5.83. The average molecular weight is 517 g/mol. The number of nitrogens with one attached hydrogen (secondary N) is 1. The number of benzene rings is 2. The molecule has 0 unspecified atom stereocenters. The summed E-state index contributed by atoms with van der Waals surface area (Å²) in [7, 11) is 1.61. The summed E-state index contributed by atoms with van der Waals surface area (Å²) in [6.45, 7) is 2.35. The Bertz CT molecular complexity index is 1360. The number of ether oxygens (including phenoxy) is 1. The molecule has 0 saturated heterocycles. The molecule has 0 bridgehead atoms. The van der Waals surface area contributed by atoms with Crippen LogP contribution in [-0.4, -0.2) is 39.4 Å². The maximum absolute atomic E-state index is 14.1. The number of fused-ring (bicyclic) bond motifs is 1. The number of imidazole rings is 1. The van der Waals surface area contributed by atoms with Crippen LogP contribution < -0.4 is 10.1 Å². The minimum absolute atomic E-state index is 0.0983. The van der Waals surface area contributed by atoms with Gasteiger partial charge in [-0.15, -0.1) is 11.3 Å². The van der Waals surface area contributed by atoms with Crippen LogP contribution in [0.15, 0.2) is 66.0 Å². The summed E-state index contributed by atoms with van der Waals surface area (Å²) in [5, 5.41) is 5.23. The fourth-order valence-electron chi connectivity index (χ4n) is 5.12. The highest BCUT2D eigenvalue weighted by atomic mass is 32.1. The van der Waals surface area contributed by atoms with E-state index in [2.05, 4.69) is 10.3 Å². The van der Waals surface area contributed by atoms with E-state index in [9.17, 15) is 9.59 Å². The Morgan fingerprint density at radius 3 is 2.57 bits per heavy atom. The SMILES string of the molecule is COc1ccc([C@@H](C(=O)NC2CCCC2)N(Cc2cccs2)C(=O)Cn2c(C)nc3ccccc32)cc1. The van der Waals surface area contributed by atoms with E-state index >= 15 is 0 Å². The van der Waals surface area contributed by atoms with Gasteiger partial charge in [0.15, 0.2) is 0 Å². The molecular weight excluding hydrogens is 484 g/mol. The number of aromatic nitrogens is 2. The van der Waals surface area contributed by atoms with Gasteiger partial charge in [0.25, 0.3) is 0 Å². The summed E-state index contributed by atoms with van der Waals surface area (Å²) in [5.41, 5.74) is 2.51. The van der Waals surface area contributed by atoms with E-state index in [-0.39, 0.29) is 24.4 Å². The van der Waals surface area contributed by atoms with Gasteiger partial charge < -0.3 is 19.5 Å². The molecule has 7 nitrogen and oxygen atoms in total. The van der Waals surface area contributed by atoms with Crippen LogP contribution in [-0.2, 0) is 22.7 Å². The van der Waals surface area contributed by atoms with Crippen molar-refractivity contribution in [1.29, 1.82) is 0 Å². The molecule has 4 aromatic rings. The number of carbonyl (C=O) groups is 2. The number of hydrogen-bond donors (Lipinski definition) is 1. The molecule has 0 radical (unpaired) electrons. The van der Waals surface area contributed by atoms with Crippen molar-refractivity contribution in [2.24, 2.45) is 0 Å². The van der Waals surface area contributed by atoms with Crippen molar-refractivity contribution in [3.63, 3.8) is 0 Å². The van der Waals surface area contributed by atoms with Crippen LogP contribution in [0.4, 0.5) is 0 Å². The van der Waals surface area contributed by atoms with Crippen LogP contribution >= 0.6 is 11.3 Å². The standard InChI is InChI=1S/C29H32N4O3S/c1-20-30-25-11-5-6-12-26(25)32(20)19-27(34)33(18-24-10-7-17-37-24)28(21-13-15-23(36-2)16-14-21)29(35)31-22-8-3-4-9-22/h5-7,10-17,22,28H,3-4,8-9,18-19H2,1-2H3,(H,31,35)/t28-/m0/s1. The van der Waals surface area contributed by atoms with Gasteiger partial charge in [0, 0.05) is 10.9 Å². The second kappa shape index (κ2) is 11.2. The molecule has 8 heteroatoms. The van der Waals surface area contributed by atoms with Crippen LogP contribution in [0.3, 0.4) is 0 Å². The van der Waals surface area contributed by atoms with E-state index in [1.807, 2.05) is 77.5 Å². The molecule has 1 aliphatic carbocycles. The van der Waals surface area contributed by atoms with Gasteiger partial charge in [0.1, 0.15) is 24.2 Å². The van der Waals surface area contributed by atoms with E-state index in [4.69, 9.17) is 4.74 Å². The van der Waals surface area contributed by atoms with Crippen LogP contribution in [0.25, 0.3) is 11.0 Å². The molecular formula is C29H32N4O3S. The van der Waals surface area contributed by atoms with Crippen molar-refractivity contribution in [3.05, 3.63) is 82.3 Å². The third-order valence-corrected chi connectivity index (χ3v) is 7.92. The summed E-state index contributed by atoms with van der Waals surface area (Å²) in [6.07, 6.45) is 4.17. The molecule has 1 saturated carbocycles. The Labute approximate surface area is 221 Å². The van der Waals surface area contributed by atoms with Gasteiger partial charge in [-0.1, -0.05) is 43.2 Å². The molecule has 0 aliphatic heterocycles. The number of thiophene rings is 1. The second-order valence-corrected chi connectivity index (χ2v) is 10.5. The first-order valence-electron chi connectivity index (χ1n) is 12.7. The Morgan fingerprint density at radius 2 is 1.86 bits per heavy atom. The average Bonchev–Trinajstić information content (AvgIpc) is 3.67. The van der Waals surface area contributed by atoms with Crippen LogP contribution in [0, 0.1) is 6.92 Å². The Balaban J connectivity index is 1.52. The van der Waals surface area contributed by atoms with E-state index in [0.717, 1.165) is 53.0 Å². The zero-order valence-corrected chi connectivity index (χ0v) is 22.0. The number of carbonyl (C=O) groups excluding carboxylic acids is 2. The summed E-state index contributed by atoms with van der Waals surface area (Å²) in [4.78, 5) is 35.3. The number of amides is 2. The molecule has 1 N–H and O–H groups in total. The van der Waals surface area contributed by atoms with Gasteiger partial charge in [-0.2, -0.15) is 0 Å². The van der Waals surface area contributed by atoms with Gasteiger partial charge in [-0.3, -0.25) is 9.59 Å². The number of rotatable bonds is 9. The second-order valence-electron chi connectivity index (χ2n) is 9.50. The van der Waals surface area contributed by atoms with E-state index in [1.54, 1.807) is 23.3 Å². The van der Waals surface area contributed by atoms with Crippen molar-refractivity contribution < 1.29 is 14.3 Å². The molecule has 192 valence electrons. The first-order valence-corrected chi connectivity index (χ1v) is 13.6. The van der Waals surface area contributed by atoms with Crippen LogP contribution in [0.1, 0.15) is 48.0 Å². The smallest absolute Gasteiger partial charge is 0.247 e. The number of methoxy groups -OCH3 is 1. The Kier molecular flexibility index (Phi) is 7.55. The zero-order valence-electron chi connectivity index (χ0n) is 21.2. The Hall–Kier alpha value is -3.65. The number of hydrogen-bond acceptors (Lipinski definition) is 5. The zero-order chi connectivity index (χ0) is 25.8. The van der Waals surface area contributed by atoms with Gasteiger partial charge in [-0.05, 0) is 61.0 Å². The number of aryl methyl sites for hydroxylation is 1. The van der Waals surface area contributed by atoms with Crippen molar-refractivity contribution in [2.45, 2.75) is 57.8 Å². The highest BCUT2D eigenvalue weighted by molar-refractivity contribution is 7.09. The predicted molar refractivity (Wildman–Crippen MR) is 145 cm³/mol. The molecule has 1 aliphatic rings. The van der Waals surface area contributed by atoms with Gasteiger partial charge in [0.2, 0.25) is 11.8 Å². The molecule has 2 aromatic carbocycles. The van der Waals surface area contributed by atoms with Gasteiger partial charge in [0.05, 0.1) is 24.7 Å². The first kappa shape index (κ1) is 25.0. The highest BCUT2D eigenvalue weighted by Gasteiger charge is 2.34. The lowest BCUT2D eigenvalue weighted by Gasteiger charge is -2.32. The molecule has 2 aromatic heterocycles. The van der Waals surface area contributed by atoms with Gasteiger partial charge in [-0.25, -0.2) is 4.98 Å². The number of nitrogens with zero attached hydrogens (tertiary/aromatic N) is 3. The molecule has 1 atom stereocenters. The van der Waals surface area contributed by atoms with Crippen molar-refractivity contribution in [1.82, 2.24) is 19.8 Å². The minimum Gasteiger partial charge on any atom is -0.497 e. The van der Waals surface area contributed by atoms with E-state index in [0.29, 0.717) is 12.3 Å². The third-order valence-electron chi connectivity index (χ3n) is 7.06. The third kappa shape index (κ3) is 5.54. The minimum atomic E-state index is -0.767. The lowest BCUT2D eigenvalue weighted by atomic mass is 10.0. The lowest BCUT2D eigenvalue weighted by Crippen LogP contribution is -2.46. The maximum atomic E-state index is 14.1. The highest BCUT2D eigenvalue weighted by Crippen LogP contribution is 2.29. The summed E-state index contributed by atoms with van der Waals surface area (Å²) < 4.78 is 7.27. The largest absolute Gasteiger partial charge is 0.497 e. The molecule has 0 spiro atoms. The van der Waals surface area contributed by atoms with E-state index < -0.39 is 6.04 Å². The summed E-state index contributed by atoms with van der Waals surface area (Å²) >= 11 is 1.58. The van der Waals surface area contributed by atoms with Crippen molar-refractivity contribution in [2.75, 3.05) is 7.11 Å². The summed E-state index contributed by atoms with van der Waals surface area (Å²) in [6, 6.07) is 18.6. The summed E-state index contributed by atoms with van der Waals surface area (Å²) in [5.74, 6) is 1.19. The Morgan fingerprint density at radius 1 is 1.11 bits per heavy atom. The van der Waals surface area contributed by atoms with Crippen molar-refractivity contribution in [3.8, 4) is 5.75 Å². The monoisotopic (exact) mass is 516 g/mol. The normalized spacial score (nSPS) is 14.5. The quantitative estimate of drug-likeness (QED) is 0.330. The molecule has 1 fully saturated rings. The first-order chi connectivity index (χ1) is 18.0. The van der Waals surface area contributed by atoms with E-state index in [1.165, 1.54) is 0 Å². The van der Waals surface area contributed by atoms with Crippen molar-refractivity contribution >= 4 is 34.2 Å². The topological polar surface area (TPSA) is 76.5 Å². The van der Waals surface area contributed by atoms with Crippen LogP contribution in [0.5, 0.6) is 5.75 Å². The number of para-hydroxylation sites is 2. The molecule has 5 rings (SSSR count). The fraction of sp³-hybridized carbons (Fsp3) is 0.345. The molecule has 2 amide bonds. The molecule has 37 heavy (non-hydrogen) atoms. The molecule has 2 heterocycles. The van der Waals surface area contributed by atoms with Crippen LogP contribution in [0.2, 0.25) is 0 Å². The van der Waals surface area contributed by atoms with Gasteiger partial charge >= 0.3 is 0 Å².